The summed E-state index contributed by atoms with van der Waals surface area (Å²) in [4.78, 5) is 11.2. The van der Waals surface area contributed by atoms with Crippen LogP contribution in [0.2, 0.25) is 0 Å². The molecule has 0 spiro atoms. The first-order chi connectivity index (χ1) is 7.61. The average molecular weight is 241 g/mol. The molecule has 0 saturated heterocycles. The summed E-state index contributed by atoms with van der Waals surface area (Å²) in [5.41, 5.74) is 2.37. The van der Waals surface area contributed by atoms with Gasteiger partial charge in [-0.2, -0.15) is 0 Å². The quantitative estimate of drug-likeness (QED) is 0.584. The van der Waals surface area contributed by atoms with E-state index in [2.05, 4.69) is 0 Å². The van der Waals surface area contributed by atoms with Gasteiger partial charge in [0.25, 0.3) is 0 Å². The highest BCUT2D eigenvalue weighted by atomic mass is 35.5. The van der Waals surface area contributed by atoms with Gasteiger partial charge in [0.2, 0.25) is 0 Å². The summed E-state index contributed by atoms with van der Waals surface area (Å²) in [7, 11) is 0. The van der Waals surface area contributed by atoms with Crippen LogP contribution in [0.5, 0.6) is 0 Å². The Bertz CT molecular complexity index is 332. The molecule has 0 amide bonds. The van der Waals surface area contributed by atoms with Gasteiger partial charge in [-0.1, -0.05) is 29.8 Å². The molecule has 0 N–H and O–H groups in total. The number of rotatable bonds is 5. The lowest BCUT2D eigenvalue weighted by atomic mass is 10.1. The lowest BCUT2D eigenvalue weighted by Gasteiger charge is -2.09. The van der Waals surface area contributed by atoms with E-state index in [0.717, 1.165) is 5.56 Å². The summed E-state index contributed by atoms with van der Waals surface area (Å²) in [5, 5.41) is -0.193. The zero-order valence-electron chi connectivity index (χ0n) is 9.70. The van der Waals surface area contributed by atoms with Crippen molar-refractivity contribution in [2.24, 2.45) is 0 Å². The predicted octanol–water partition coefficient (Wildman–Crippen LogP) is 3.10. The second kappa shape index (κ2) is 6.54. The third-order valence-corrected chi connectivity index (χ3v) is 2.58. The smallest absolute Gasteiger partial charge is 0.307 e. The van der Waals surface area contributed by atoms with Gasteiger partial charge >= 0.3 is 5.97 Å². The average Bonchev–Trinajstić information content (AvgIpc) is 2.21. The molecule has 2 nitrogen and oxygen atoms in total. The minimum absolute atomic E-state index is 0.193. The second-order valence-corrected chi connectivity index (χ2v) is 4.41. The Morgan fingerprint density at radius 1 is 1.38 bits per heavy atom. The van der Waals surface area contributed by atoms with Crippen LogP contribution in [0.15, 0.2) is 24.3 Å². The number of carbonyl (C=O) groups is 1. The molecular weight excluding hydrogens is 224 g/mol. The van der Waals surface area contributed by atoms with Gasteiger partial charge < -0.3 is 4.74 Å². The first-order valence-corrected chi connectivity index (χ1v) is 5.90. The summed E-state index contributed by atoms with van der Waals surface area (Å²) < 4.78 is 4.85. The molecule has 0 heterocycles. The minimum Gasteiger partial charge on any atom is -0.466 e. The monoisotopic (exact) mass is 240 g/mol. The molecule has 0 aliphatic carbocycles. The van der Waals surface area contributed by atoms with Gasteiger partial charge in [0.05, 0.1) is 13.0 Å². The van der Waals surface area contributed by atoms with Crippen molar-refractivity contribution in [1.82, 2.24) is 0 Å². The van der Waals surface area contributed by atoms with Crippen LogP contribution in [-0.4, -0.2) is 18.0 Å². The van der Waals surface area contributed by atoms with Crippen LogP contribution in [0.4, 0.5) is 0 Å². The molecule has 0 aliphatic heterocycles. The molecule has 0 saturated carbocycles. The van der Waals surface area contributed by atoms with Crippen LogP contribution < -0.4 is 0 Å². The van der Waals surface area contributed by atoms with Crippen molar-refractivity contribution < 1.29 is 9.53 Å². The number of esters is 1. The molecule has 1 aromatic carbocycles. The summed E-state index contributed by atoms with van der Waals surface area (Å²) in [6.45, 7) is 4.24. The summed E-state index contributed by atoms with van der Waals surface area (Å²) in [6, 6.07) is 8.17. The van der Waals surface area contributed by atoms with Crippen molar-refractivity contribution in [3.05, 3.63) is 35.4 Å². The van der Waals surface area contributed by atoms with Gasteiger partial charge in [0.1, 0.15) is 0 Å². The van der Waals surface area contributed by atoms with Crippen LogP contribution in [0.25, 0.3) is 0 Å². The fourth-order valence-corrected chi connectivity index (χ4v) is 1.76. The number of carbonyl (C=O) groups excluding carboxylic acids is 1. The topological polar surface area (TPSA) is 26.3 Å². The van der Waals surface area contributed by atoms with E-state index in [0.29, 0.717) is 13.0 Å². The van der Waals surface area contributed by atoms with Crippen LogP contribution in [0.1, 0.15) is 24.5 Å². The van der Waals surface area contributed by atoms with E-state index in [9.17, 15) is 4.79 Å². The van der Waals surface area contributed by atoms with Crippen molar-refractivity contribution in [2.75, 3.05) is 6.61 Å². The van der Waals surface area contributed by atoms with E-state index < -0.39 is 0 Å². The molecule has 0 bridgehead atoms. The normalized spacial score (nSPS) is 12.2. The van der Waals surface area contributed by atoms with Gasteiger partial charge in [-0.3, -0.25) is 4.79 Å². The maximum Gasteiger partial charge on any atom is 0.307 e. The van der Waals surface area contributed by atoms with Crippen LogP contribution in [0, 0.1) is 6.92 Å². The molecule has 0 aliphatic rings. The molecule has 16 heavy (non-hydrogen) atoms. The molecule has 0 fully saturated rings. The first-order valence-electron chi connectivity index (χ1n) is 5.47. The molecule has 1 aromatic rings. The number of hydrogen-bond donors (Lipinski definition) is 0. The molecular formula is C13H17ClO2. The highest BCUT2D eigenvalue weighted by Crippen LogP contribution is 2.13. The highest BCUT2D eigenvalue weighted by Gasteiger charge is 2.12. The molecule has 0 radical (unpaired) electrons. The summed E-state index contributed by atoms with van der Waals surface area (Å²) in [6.07, 6.45) is 0.962. The highest BCUT2D eigenvalue weighted by molar-refractivity contribution is 6.21. The Morgan fingerprint density at radius 3 is 2.56 bits per heavy atom. The SMILES string of the molecule is CCOC(=O)CC(Cl)Cc1ccc(C)cc1. The number of hydrogen-bond acceptors (Lipinski definition) is 2. The minimum atomic E-state index is -0.227. The van der Waals surface area contributed by atoms with Gasteiger partial charge in [-0.25, -0.2) is 0 Å². The van der Waals surface area contributed by atoms with Gasteiger partial charge in [0, 0.05) is 5.38 Å². The van der Waals surface area contributed by atoms with E-state index in [4.69, 9.17) is 16.3 Å². The summed E-state index contributed by atoms with van der Waals surface area (Å²) in [5.74, 6) is -0.227. The Morgan fingerprint density at radius 2 is 2.00 bits per heavy atom. The Balaban J connectivity index is 2.42. The van der Waals surface area contributed by atoms with Gasteiger partial charge in [-0.15, -0.1) is 11.6 Å². The number of ether oxygens (including phenoxy) is 1. The van der Waals surface area contributed by atoms with E-state index in [-0.39, 0.29) is 17.8 Å². The van der Waals surface area contributed by atoms with E-state index in [1.807, 2.05) is 31.2 Å². The second-order valence-electron chi connectivity index (χ2n) is 3.80. The largest absolute Gasteiger partial charge is 0.466 e. The lowest BCUT2D eigenvalue weighted by Crippen LogP contribution is -2.13. The van der Waals surface area contributed by atoms with E-state index in [1.165, 1.54) is 5.56 Å². The Labute approximate surface area is 102 Å². The van der Waals surface area contributed by atoms with Gasteiger partial charge in [0.15, 0.2) is 0 Å². The number of halogens is 1. The zero-order valence-corrected chi connectivity index (χ0v) is 10.5. The molecule has 1 unspecified atom stereocenters. The molecule has 0 aromatic heterocycles. The van der Waals surface area contributed by atoms with Crippen LogP contribution in [0.3, 0.4) is 0 Å². The number of alkyl halides is 1. The lowest BCUT2D eigenvalue weighted by molar-refractivity contribution is -0.143. The van der Waals surface area contributed by atoms with Crippen LogP contribution >= 0.6 is 11.6 Å². The molecule has 88 valence electrons. The van der Waals surface area contributed by atoms with E-state index in [1.54, 1.807) is 6.92 Å². The molecule has 1 rings (SSSR count). The van der Waals surface area contributed by atoms with Crippen molar-refractivity contribution in [3.63, 3.8) is 0 Å². The molecule has 3 heteroatoms. The third kappa shape index (κ3) is 4.67. The Kier molecular flexibility index (Phi) is 5.33. The molecule has 1 atom stereocenters. The zero-order chi connectivity index (χ0) is 12.0. The van der Waals surface area contributed by atoms with Crippen molar-refractivity contribution >= 4 is 17.6 Å². The van der Waals surface area contributed by atoms with Crippen molar-refractivity contribution in [3.8, 4) is 0 Å². The van der Waals surface area contributed by atoms with Gasteiger partial charge in [-0.05, 0) is 25.8 Å². The standard InChI is InChI=1S/C13H17ClO2/c1-3-16-13(15)9-12(14)8-11-6-4-10(2)5-7-11/h4-7,12H,3,8-9H2,1-2H3. The van der Waals surface area contributed by atoms with Crippen molar-refractivity contribution in [1.29, 1.82) is 0 Å². The van der Waals surface area contributed by atoms with E-state index >= 15 is 0 Å². The third-order valence-electron chi connectivity index (χ3n) is 2.27. The maximum absolute atomic E-state index is 11.2. The van der Waals surface area contributed by atoms with Crippen LogP contribution in [-0.2, 0) is 16.0 Å². The fourth-order valence-electron chi connectivity index (χ4n) is 1.45. The maximum atomic E-state index is 11.2. The Hall–Kier alpha value is -1.02. The summed E-state index contributed by atoms with van der Waals surface area (Å²) >= 11 is 6.08. The number of benzene rings is 1. The fraction of sp³-hybridized carbons (Fsp3) is 0.462. The first kappa shape index (κ1) is 13.0. The van der Waals surface area contributed by atoms with Crippen molar-refractivity contribution in [2.45, 2.75) is 32.1 Å². The predicted molar refractivity (Wildman–Crippen MR) is 65.8 cm³/mol. The number of aryl methyl sites for hydroxylation is 1.